The highest BCUT2D eigenvalue weighted by Gasteiger charge is 2.06. The average Bonchev–Trinajstić information content (AvgIpc) is 2.52. The lowest BCUT2D eigenvalue weighted by molar-refractivity contribution is 0.0945. The van der Waals surface area contributed by atoms with Gasteiger partial charge in [0.05, 0.1) is 0 Å². The lowest BCUT2D eigenvalue weighted by Gasteiger charge is -1.96. The van der Waals surface area contributed by atoms with Crippen LogP contribution in [-0.4, -0.2) is 34.2 Å². The smallest absolute Gasteiger partial charge is 0.290 e. The summed E-state index contributed by atoms with van der Waals surface area (Å²) in [6, 6.07) is 0. The van der Waals surface area contributed by atoms with E-state index < -0.39 is 0 Å². The van der Waals surface area contributed by atoms with E-state index in [-0.39, 0.29) is 11.7 Å². The zero-order valence-corrected chi connectivity index (χ0v) is 5.87. The quantitative estimate of drug-likeness (QED) is 0.494. The fraction of sp³-hybridized carbons (Fsp3) is 0.400. The Hall–Kier alpha value is -1.43. The maximum absolute atomic E-state index is 11.0. The number of hydrogen-bond donors (Lipinski definition) is 3. The van der Waals surface area contributed by atoms with Gasteiger partial charge in [-0.2, -0.15) is 0 Å². The number of H-pyrrole nitrogens is 1. The molecule has 4 N–H and O–H groups in total. The summed E-state index contributed by atoms with van der Waals surface area (Å²) >= 11 is 0. The molecule has 11 heavy (non-hydrogen) atoms. The summed E-state index contributed by atoms with van der Waals surface area (Å²) in [6.07, 6.45) is 1.34. The molecule has 60 valence electrons. The second kappa shape index (κ2) is 3.67. The first kappa shape index (κ1) is 7.67. The number of rotatable bonds is 3. The Kier molecular flexibility index (Phi) is 2.56. The van der Waals surface area contributed by atoms with Crippen molar-refractivity contribution >= 4 is 5.91 Å². The van der Waals surface area contributed by atoms with Gasteiger partial charge in [-0.15, -0.1) is 5.10 Å². The second-order valence-electron chi connectivity index (χ2n) is 1.87. The third-order valence-corrected chi connectivity index (χ3v) is 1.05. The second-order valence-corrected chi connectivity index (χ2v) is 1.87. The molecule has 0 bridgehead atoms. The summed E-state index contributed by atoms with van der Waals surface area (Å²) in [5, 5.41) is 8.54. The van der Waals surface area contributed by atoms with Crippen molar-refractivity contribution in [2.45, 2.75) is 0 Å². The lowest BCUT2D eigenvalue weighted by Crippen LogP contribution is -2.29. The van der Waals surface area contributed by atoms with E-state index in [1.807, 2.05) is 0 Å². The van der Waals surface area contributed by atoms with Crippen LogP contribution >= 0.6 is 0 Å². The summed E-state index contributed by atoms with van der Waals surface area (Å²) < 4.78 is 0. The number of amides is 1. The normalized spacial score (nSPS) is 9.55. The molecule has 0 fully saturated rings. The molecule has 0 aliphatic heterocycles. The maximum Gasteiger partial charge on any atom is 0.290 e. The number of nitrogens with one attached hydrogen (secondary N) is 2. The van der Waals surface area contributed by atoms with E-state index in [1.54, 1.807) is 0 Å². The topological polar surface area (TPSA) is 96.7 Å². The van der Waals surface area contributed by atoms with Crippen molar-refractivity contribution in [3.63, 3.8) is 0 Å². The Labute approximate surface area is 63.2 Å². The van der Waals surface area contributed by atoms with E-state index in [2.05, 4.69) is 20.5 Å². The van der Waals surface area contributed by atoms with Crippen molar-refractivity contribution in [3.8, 4) is 0 Å². The Bertz CT molecular complexity index is 219. The largest absolute Gasteiger partial charge is 0.348 e. The number of carbonyl (C=O) groups is 1. The molecule has 0 atom stereocenters. The van der Waals surface area contributed by atoms with E-state index in [0.29, 0.717) is 13.1 Å². The number of nitrogens with two attached hydrogens (primary N) is 1. The standard InChI is InChI=1S/C5H9N5O/c6-1-2-7-5(11)4-8-3-9-10-4/h3H,1-2,6H2,(H,7,11)(H,8,9,10). The van der Waals surface area contributed by atoms with Gasteiger partial charge in [0.1, 0.15) is 6.33 Å². The summed E-state index contributed by atoms with van der Waals surface area (Å²) in [5.41, 5.74) is 5.17. The molecule has 6 nitrogen and oxygen atoms in total. The molecule has 1 heterocycles. The molecule has 0 saturated carbocycles. The molecule has 0 aliphatic carbocycles. The Balaban J connectivity index is 2.43. The van der Waals surface area contributed by atoms with Crippen molar-refractivity contribution in [2.24, 2.45) is 5.73 Å². The van der Waals surface area contributed by atoms with Gasteiger partial charge in [-0.25, -0.2) is 4.98 Å². The third kappa shape index (κ3) is 2.01. The molecular weight excluding hydrogens is 146 g/mol. The predicted molar refractivity (Wildman–Crippen MR) is 37.8 cm³/mol. The first-order chi connectivity index (χ1) is 5.34. The van der Waals surface area contributed by atoms with Crippen LogP contribution in [0.15, 0.2) is 6.33 Å². The fourth-order valence-corrected chi connectivity index (χ4v) is 0.583. The first-order valence-corrected chi connectivity index (χ1v) is 3.18. The van der Waals surface area contributed by atoms with Crippen molar-refractivity contribution in [1.82, 2.24) is 20.5 Å². The summed E-state index contributed by atoms with van der Waals surface area (Å²) in [7, 11) is 0. The van der Waals surface area contributed by atoms with E-state index in [4.69, 9.17) is 5.73 Å². The molecule has 0 saturated heterocycles. The van der Waals surface area contributed by atoms with Gasteiger partial charge in [0.15, 0.2) is 0 Å². The van der Waals surface area contributed by atoms with Gasteiger partial charge in [-0.1, -0.05) is 0 Å². The van der Waals surface area contributed by atoms with Crippen LogP contribution in [0.1, 0.15) is 10.6 Å². The molecular formula is C5H9N5O. The fourth-order valence-electron chi connectivity index (χ4n) is 0.583. The highest BCUT2D eigenvalue weighted by Crippen LogP contribution is 1.82. The molecule has 6 heteroatoms. The van der Waals surface area contributed by atoms with E-state index in [1.165, 1.54) is 6.33 Å². The van der Waals surface area contributed by atoms with Gasteiger partial charge in [0.2, 0.25) is 5.82 Å². The van der Waals surface area contributed by atoms with Crippen molar-refractivity contribution < 1.29 is 4.79 Å². The number of carbonyl (C=O) groups excluding carboxylic acids is 1. The van der Waals surface area contributed by atoms with Gasteiger partial charge in [-0.3, -0.25) is 9.89 Å². The van der Waals surface area contributed by atoms with Crippen LogP contribution < -0.4 is 11.1 Å². The van der Waals surface area contributed by atoms with Gasteiger partial charge in [0.25, 0.3) is 5.91 Å². The van der Waals surface area contributed by atoms with Crippen LogP contribution in [0, 0.1) is 0 Å². The van der Waals surface area contributed by atoms with Gasteiger partial charge in [0, 0.05) is 13.1 Å². The molecule has 0 spiro atoms. The minimum Gasteiger partial charge on any atom is -0.348 e. The van der Waals surface area contributed by atoms with Crippen molar-refractivity contribution in [1.29, 1.82) is 0 Å². The molecule has 1 aromatic rings. The Morgan fingerprint density at radius 3 is 3.18 bits per heavy atom. The number of aromatic nitrogens is 3. The third-order valence-electron chi connectivity index (χ3n) is 1.05. The molecule has 0 aliphatic rings. The van der Waals surface area contributed by atoms with E-state index in [0.717, 1.165) is 0 Å². The summed E-state index contributed by atoms with van der Waals surface area (Å²) in [6.45, 7) is 0.851. The first-order valence-electron chi connectivity index (χ1n) is 3.18. The van der Waals surface area contributed by atoms with Gasteiger partial charge < -0.3 is 11.1 Å². The Morgan fingerprint density at radius 1 is 1.82 bits per heavy atom. The summed E-state index contributed by atoms with van der Waals surface area (Å²) in [5.74, 6) is -0.171. The molecule has 1 aromatic heterocycles. The highest BCUT2D eigenvalue weighted by molar-refractivity contribution is 5.90. The van der Waals surface area contributed by atoms with Gasteiger partial charge >= 0.3 is 0 Å². The highest BCUT2D eigenvalue weighted by atomic mass is 16.2. The zero-order chi connectivity index (χ0) is 8.10. The molecule has 1 amide bonds. The van der Waals surface area contributed by atoms with Crippen LogP contribution in [0.25, 0.3) is 0 Å². The molecule has 0 radical (unpaired) electrons. The van der Waals surface area contributed by atoms with Crippen LogP contribution in [0.4, 0.5) is 0 Å². The van der Waals surface area contributed by atoms with Crippen LogP contribution in [-0.2, 0) is 0 Å². The van der Waals surface area contributed by atoms with Crippen LogP contribution in [0.2, 0.25) is 0 Å². The van der Waals surface area contributed by atoms with Gasteiger partial charge in [-0.05, 0) is 0 Å². The average molecular weight is 155 g/mol. The SMILES string of the molecule is NCCNC(=O)c1nc[nH]n1. The monoisotopic (exact) mass is 155 g/mol. The van der Waals surface area contributed by atoms with Crippen molar-refractivity contribution in [3.05, 3.63) is 12.2 Å². The zero-order valence-electron chi connectivity index (χ0n) is 5.87. The molecule has 0 unspecified atom stereocenters. The number of nitrogens with zero attached hydrogens (tertiary/aromatic N) is 2. The van der Waals surface area contributed by atoms with Crippen molar-refractivity contribution in [2.75, 3.05) is 13.1 Å². The number of hydrogen-bond acceptors (Lipinski definition) is 4. The van der Waals surface area contributed by atoms with E-state index >= 15 is 0 Å². The molecule has 1 rings (SSSR count). The minimum atomic E-state index is -0.309. The van der Waals surface area contributed by atoms with Crippen LogP contribution in [0.3, 0.4) is 0 Å². The van der Waals surface area contributed by atoms with E-state index in [9.17, 15) is 4.79 Å². The number of aromatic amines is 1. The lowest BCUT2D eigenvalue weighted by atomic mass is 10.5. The van der Waals surface area contributed by atoms with Crippen LogP contribution in [0.5, 0.6) is 0 Å². The molecule has 0 aromatic carbocycles. The Morgan fingerprint density at radius 2 is 2.64 bits per heavy atom. The minimum absolute atomic E-state index is 0.137. The predicted octanol–water partition coefficient (Wildman–Crippen LogP) is -1.51. The maximum atomic E-state index is 11.0. The summed E-state index contributed by atoms with van der Waals surface area (Å²) in [4.78, 5) is 14.6.